The molecule has 0 saturated heterocycles. The summed E-state index contributed by atoms with van der Waals surface area (Å²) in [6.07, 6.45) is 0. The van der Waals surface area contributed by atoms with Gasteiger partial charge in [-0.05, 0) is 36.1 Å². The van der Waals surface area contributed by atoms with Gasteiger partial charge in [-0.25, -0.2) is 0 Å². The molecule has 0 saturated carbocycles. The maximum atomic E-state index is 12.3. The molecule has 2 aromatic carbocycles. The number of benzene rings is 2. The predicted octanol–water partition coefficient (Wildman–Crippen LogP) is 3.74. The Balaban J connectivity index is 1.59. The molecule has 1 aliphatic heterocycles. The van der Waals surface area contributed by atoms with Gasteiger partial charge >= 0.3 is 5.97 Å². The number of anilines is 2. The van der Waals surface area contributed by atoms with E-state index >= 15 is 0 Å². The lowest BCUT2D eigenvalue weighted by atomic mass is 9.98. The molecule has 2 aromatic rings. The van der Waals surface area contributed by atoms with Crippen LogP contribution in [-0.2, 0) is 19.1 Å². The molecule has 0 radical (unpaired) electrons. The summed E-state index contributed by atoms with van der Waals surface area (Å²) in [5, 5.41) is 2.84. The summed E-state index contributed by atoms with van der Waals surface area (Å²) in [7, 11) is 0. The van der Waals surface area contributed by atoms with E-state index in [0.29, 0.717) is 5.69 Å². The van der Waals surface area contributed by atoms with E-state index in [4.69, 9.17) is 4.74 Å². The van der Waals surface area contributed by atoms with Gasteiger partial charge in [-0.2, -0.15) is 0 Å². The second-order valence-electron chi connectivity index (χ2n) is 7.14. The number of amides is 2. The van der Waals surface area contributed by atoms with Gasteiger partial charge in [0.05, 0.1) is 11.4 Å². The van der Waals surface area contributed by atoms with E-state index in [9.17, 15) is 14.4 Å². The summed E-state index contributed by atoms with van der Waals surface area (Å²) in [6, 6.07) is 13.3. The zero-order valence-corrected chi connectivity index (χ0v) is 17.5. The van der Waals surface area contributed by atoms with E-state index < -0.39 is 18.5 Å². The van der Waals surface area contributed by atoms with Crippen LogP contribution in [0, 0.1) is 6.92 Å². The van der Waals surface area contributed by atoms with Crippen LogP contribution in [0.4, 0.5) is 11.4 Å². The molecule has 0 aromatic heterocycles. The molecule has 6 nitrogen and oxygen atoms in total. The number of para-hydroxylation sites is 2. The molecular weight excluding hydrogens is 388 g/mol. The van der Waals surface area contributed by atoms with Gasteiger partial charge in [-0.3, -0.25) is 19.3 Å². The summed E-state index contributed by atoms with van der Waals surface area (Å²) in [6.45, 7) is 5.41. The van der Waals surface area contributed by atoms with Crippen molar-refractivity contribution < 1.29 is 19.1 Å². The largest absolute Gasteiger partial charge is 0.454 e. The first kappa shape index (κ1) is 20.9. The molecule has 7 heteroatoms. The Hall–Kier alpha value is -2.80. The first-order valence-corrected chi connectivity index (χ1v) is 10.4. The van der Waals surface area contributed by atoms with Gasteiger partial charge in [0, 0.05) is 10.6 Å². The lowest BCUT2D eigenvalue weighted by molar-refractivity contribution is -0.146. The number of hydrogen-bond acceptors (Lipinski definition) is 5. The molecule has 152 valence electrons. The van der Waals surface area contributed by atoms with E-state index in [1.807, 2.05) is 43.3 Å². The van der Waals surface area contributed by atoms with Crippen LogP contribution in [0.2, 0.25) is 0 Å². The molecule has 0 atom stereocenters. The van der Waals surface area contributed by atoms with Crippen LogP contribution in [0.5, 0.6) is 0 Å². The normalized spacial score (nSPS) is 13.2. The van der Waals surface area contributed by atoms with Crippen molar-refractivity contribution in [2.45, 2.75) is 31.6 Å². The minimum Gasteiger partial charge on any atom is -0.454 e. The maximum absolute atomic E-state index is 12.3. The Morgan fingerprint density at radius 1 is 1.17 bits per heavy atom. The Morgan fingerprint density at radius 3 is 2.69 bits per heavy atom. The van der Waals surface area contributed by atoms with Crippen LogP contribution in [0.1, 0.15) is 30.9 Å². The molecule has 0 spiro atoms. The molecule has 0 unspecified atom stereocenters. The second-order valence-corrected chi connectivity index (χ2v) is 8.16. The highest BCUT2D eigenvalue weighted by Crippen LogP contribution is 2.34. The highest BCUT2D eigenvalue weighted by molar-refractivity contribution is 8.00. The number of rotatable bonds is 6. The van der Waals surface area contributed by atoms with Crippen molar-refractivity contribution in [1.29, 1.82) is 0 Å². The summed E-state index contributed by atoms with van der Waals surface area (Å²) in [4.78, 5) is 39.2. The first-order valence-electron chi connectivity index (χ1n) is 9.44. The Kier molecular flexibility index (Phi) is 6.59. The molecule has 0 bridgehead atoms. The van der Waals surface area contributed by atoms with Crippen molar-refractivity contribution in [2.24, 2.45) is 0 Å². The third kappa shape index (κ3) is 4.98. The average Bonchev–Trinajstić information content (AvgIpc) is 2.70. The SMILES string of the molecule is Cc1cccc(C(C)C)c1NC(=O)COC(=O)CN1C(=O)CSc2ccccc21. The number of carbonyl (C=O) groups excluding carboxylic acids is 3. The number of carbonyl (C=O) groups is 3. The molecular formula is C22H24N2O4S. The number of ether oxygens (including phenoxy) is 1. The van der Waals surface area contributed by atoms with Gasteiger partial charge in [0.15, 0.2) is 6.61 Å². The van der Waals surface area contributed by atoms with Crippen LogP contribution < -0.4 is 10.2 Å². The molecule has 29 heavy (non-hydrogen) atoms. The van der Waals surface area contributed by atoms with Crippen molar-refractivity contribution in [3.63, 3.8) is 0 Å². The molecule has 1 aliphatic rings. The first-order chi connectivity index (χ1) is 13.9. The Labute approximate surface area is 174 Å². The second kappa shape index (κ2) is 9.13. The molecule has 0 fully saturated rings. The quantitative estimate of drug-likeness (QED) is 0.732. The van der Waals surface area contributed by atoms with E-state index in [-0.39, 0.29) is 24.1 Å². The summed E-state index contributed by atoms with van der Waals surface area (Å²) >= 11 is 1.44. The van der Waals surface area contributed by atoms with E-state index in [0.717, 1.165) is 21.7 Å². The predicted molar refractivity (Wildman–Crippen MR) is 114 cm³/mol. The summed E-state index contributed by atoms with van der Waals surface area (Å²) in [5.41, 5.74) is 3.42. The zero-order chi connectivity index (χ0) is 21.0. The fourth-order valence-corrected chi connectivity index (χ4v) is 4.10. The highest BCUT2D eigenvalue weighted by atomic mass is 32.2. The summed E-state index contributed by atoms with van der Waals surface area (Å²) in [5.74, 6) is -0.664. The minimum absolute atomic E-state index is 0.156. The fourth-order valence-electron chi connectivity index (χ4n) is 3.17. The van der Waals surface area contributed by atoms with Gasteiger partial charge in [0.25, 0.3) is 5.91 Å². The topological polar surface area (TPSA) is 75.7 Å². The number of esters is 1. The van der Waals surface area contributed by atoms with Gasteiger partial charge in [-0.15, -0.1) is 11.8 Å². The summed E-state index contributed by atoms with van der Waals surface area (Å²) < 4.78 is 5.13. The number of nitrogens with zero attached hydrogens (tertiary/aromatic N) is 1. The molecule has 0 aliphatic carbocycles. The number of fused-ring (bicyclic) bond motifs is 1. The number of hydrogen-bond donors (Lipinski definition) is 1. The lowest BCUT2D eigenvalue weighted by Gasteiger charge is -2.27. The van der Waals surface area contributed by atoms with Crippen LogP contribution in [-0.4, -0.2) is 36.7 Å². The standard InChI is InChI=1S/C22H24N2O4S/c1-14(2)16-8-6-7-15(3)22(16)23-19(25)12-28-21(27)11-24-17-9-4-5-10-18(17)29-13-20(24)26/h4-10,14H,11-13H2,1-3H3,(H,23,25). The molecule has 1 heterocycles. The number of nitrogens with one attached hydrogen (secondary N) is 1. The van der Waals surface area contributed by atoms with Gasteiger partial charge in [0.2, 0.25) is 5.91 Å². The maximum Gasteiger partial charge on any atom is 0.326 e. The highest BCUT2D eigenvalue weighted by Gasteiger charge is 2.27. The number of aryl methyl sites for hydroxylation is 1. The zero-order valence-electron chi connectivity index (χ0n) is 16.7. The van der Waals surface area contributed by atoms with Gasteiger partial charge in [-0.1, -0.05) is 44.2 Å². The smallest absolute Gasteiger partial charge is 0.326 e. The minimum atomic E-state index is -0.621. The van der Waals surface area contributed by atoms with Gasteiger partial charge < -0.3 is 10.1 Å². The van der Waals surface area contributed by atoms with Crippen molar-refractivity contribution in [1.82, 2.24) is 0 Å². The molecule has 2 amide bonds. The van der Waals surface area contributed by atoms with Crippen LogP contribution >= 0.6 is 11.8 Å². The van der Waals surface area contributed by atoms with Crippen molar-refractivity contribution >= 4 is 40.9 Å². The Bertz CT molecular complexity index is 942. The van der Waals surface area contributed by atoms with E-state index in [1.54, 1.807) is 6.07 Å². The van der Waals surface area contributed by atoms with E-state index in [1.165, 1.54) is 16.7 Å². The van der Waals surface area contributed by atoms with Crippen LogP contribution in [0.25, 0.3) is 0 Å². The monoisotopic (exact) mass is 412 g/mol. The number of thioether (sulfide) groups is 1. The Morgan fingerprint density at radius 2 is 1.93 bits per heavy atom. The molecule has 3 rings (SSSR count). The average molecular weight is 413 g/mol. The van der Waals surface area contributed by atoms with Crippen molar-refractivity contribution in [2.75, 3.05) is 29.1 Å². The lowest BCUT2D eigenvalue weighted by Crippen LogP contribution is -2.40. The third-order valence-corrected chi connectivity index (χ3v) is 5.70. The van der Waals surface area contributed by atoms with Crippen LogP contribution in [0.3, 0.4) is 0 Å². The van der Waals surface area contributed by atoms with Gasteiger partial charge in [0.1, 0.15) is 6.54 Å². The van der Waals surface area contributed by atoms with Crippen molar-refractivity contribution in [3.05, 3.63) is 53.6 Å². The molecule has 1 N–H and O–H groups in total. The van der Waals surface area contributed by atoms with Crippen molar-refractivity contribution in [3.8, 4) is 0 Å². The van der Waals surface area contributed by atoms with Crippen LogP contribution in [0.15, 0.2) is 47.4 Å². The van der Waals surface area contributed by atoms with E-state index in [2.05, 4.69) is 19.2 Å². The fraction of sp³-hybridized carbons (Fsp3) is 0.318. The third-order valence-electron chi connectivity index (χ3n) is 4.65.